The van der Waals surface area contributed by atoms with E-state index in [9.17, 15) is 13.2 Å². The maximum absolute atomic E-state index is 12.4. The minimum absolute atomic E-state index is 0.0119. The smallest absolute Gasteiger partial charge is 0.231 e. The van der Waals surface area contributed by atoms with Gasteiger partial charge in [-0.1, -0.05) is 17.7 Å². The Labute approximate surface area is 180 Å². The van der Waals surface area contributed by atoms with Crippen LogP contribution >= 0.6 is 11.3 Å². The van der Waals surface area contributed by atoms with Crippen LogP contribution in [-0.4, -0.2) is 35.4 Å². The van der Waals surface area contributed by atoms with Crippen LogP contribution in [0.2, 0.25) is 0 Å². The number of hydrogen-bond acceptors (Lipinski definition) is 5. The van der Waals surface area contributed by atoms with Gasteiger partial charge >= 0.3 is 0 Å². The maximum atomic E-state index is 12.4. The standard InChI is InChI=1S/C22H25N3O3S2/c1-14-4-6-17(7-5-14)23-21(26)11-22-24-20(12-29-22)19-10-15(2)25(16(19)3)18-8-9-30(27,28)13-18/h4-7,10,12,18H,8-9,11,13H2,1-3H3,(H,23,26). The molecule has 2 aromatic heterocycles. The molecular weight excluding hydrogens is 418 g/mol. The molecule has 1 aliphatic rings. The highest BCUT2D eigenvalue weighted by molar-refractivity contribution is 7.91. The molecule has 0 spiro atoms. The number of anilines is 1. The van der Waals surface area contributed by atoms with Crippen LogP contribution in [0.3, 0.4) is 0 Å². The summed E-state index contributed by atoms with van der Waals surface area (Å²) in [5.74, 6) is 0.354. The molecule has 1 aliphatic heterocycles. The van der Waals surface area contributed by atoms with Crippen molar-refractivity contribution >= 4 is 32.8 Å². The van der Waals surface area contributed by atoms with E-state index in [0.717, 1.165) is 38.9 Å². The lowest BCUT2D eigenvalue weighted by Crippen LogP contribution is -2.14. The number of nitrogens with zero attached hydrogens (tertiary/aromatic N) is 2. The molecule has 1 aromatic carbocycles. The summed E-state index contributed by atoms with van der Waals surface area (Å²) < 4.78 is 25.9. The van der Waals surface area contributed by atoms with E-state index in [4.69, 9.17) is 0 Å². The molecule has 1 amide bonds. The van der Waals surface area contributed by atoms with Crippen molar-refractivity contribution in [2.24, 2.45) is 0 Å². The van der Waals surface area contributed by atoms with Crippen molar-refractivity contribution in [3.05, 3.63) is 57.7 Å². The molecule has 0 saturated carbocycles. The quantitative estimate of drug-likeness (QED) is 0.644. The number of aromatic nitrogens is 2. The lowest BCUT2D eigenvalue weighted by atomic mass is 10.2. The summed E-state index contributed by atoms with van der Waals surface area (Å²) in [5.41, 5.74) is 5.81. The third-order valence-corrected chi connectivity index (χ3v) is 8.13. The minimum atomic E-state index is -2.95. The fraction of sp³-hybridized carbons (Fsp3) is 0.364. The molecular formula is C22H25N3O3S2. The Morgan fingerprint density at radius 1 is 1.23 bits per heavy atom. The predicted molar refractivity (Wildman–Crippen MR) is 121 cm³/mol. The lowest BCUT2D eigenvalue weighted by molar-refractivity contribution is -0.115. The zero-order valence-electron chi connectivity index (χ0n) is 17.3. The summed E-state index contributed by atoms with van der Waals surface area (Å²) in [4.78, 5) is 17.0. The zero-order chi connectivity index (χ0) is 21.5. The zero-order valence-corrected chi connectivity index (χ0v) is 18.9. The van der Waals surface area contributed by atoms with Crippen molar-refractivity contribution < 1.29 is 13.2 Å². The van der Waals surface area contributed by atoms with Gasteiger partial charge in [-0.2, -0.15) is 0 Å². The minimum Gasteiger partial charge on any atom is -0.344 e. The van der Waals surface area contributed by atoms with E-state index in [2.05, 4.69) is 20.9 Å². The van der Waals surface area contributed by atoms with Crippen molar-refractivity contribution in [1.82, 2.24) is 9.55 Å². The van der Waals surface area contributed by atoms with Crippen LogP contribution in [0.15, 0.2) is 35.7 Å². The van der Waals surface area contributed by atoms with Crippen LogP contribution in [0.1, 0.15) is 34.4 Å². The number of nitrogens with one attached hydrogen (secondary N) is 1. The van der Waals surface area contributed by atoms with Gasteiger partial charge in [-0.05, 0) is 45.4 Å². The van der Waals surface area contributed by atoms with Crippen molar-refractivity contribution in [2.45, 2.75) is 39.7 Å². The van der Waals surface area contributed by atoms with Crippen molar-refractivity contribution in [1.29, 1.82) is 0 Å². The van der Waals surface area contributed by atoms with Crippen molar-refractivity contribution in [3.63, 3.8) is 0 Å². The van der Waals surface area contributed by atoms with Crippen molar-refractivity contribution in [3.8, 4) is 11.3 Å². The second kappa shape index (κ2) is 8.00. The molecule has 1 saturated heterocycles. The highest BCUT2D eigenvalue weighted by Crippen LogP contribution is 2.34. The summed E-state index contributed by atoms with van der Waals surface area (Å²) in [6, 6.07) is 9.75. The summed E-state index contributed by atoms with van der Waals surface area (Å²) in [6.07, 6.45) is 0.873. The lowest BCUT2D eigenvalue weighted by Gasteiger charge is -2.16. The largest absolute Gasteiger partial charge is 0.344 e. The summed E-state index contributed by atoms with van der Waals surface area (Å²) in [7, 11) is -2.95. The number of carbonyl (C=O) groups excluding carboxylic acids is 1. The average molecular weight is 444 g/mol. The summed E-state index contributed by atoms with van der Waals surface area (Å²) in [6.45, 7) is 6.02. The first kappa shape index (κ1) is 20.8. The number of aryl methyl sites for hydroxylation is 2. The van der Waals surface area contributed by atoms with Crippen LogP contribution < -0.4 is 5.32 Å². The molecule has 3 heterocycles. The Hall–Kier alpha value is -2.45. The molecule has 3 aromatic rings. The Kier molecular flexibility index (Phi) is 5.55. The third-order valence-electron chi connectivity index (χ3n) is 5.53. The molecule has 1 unspecified atom stereocenters. The van der Waals surface area contributed by atoms with Gasteiger partial charge in [0, 0.05) is 34.1 Å². The monoisotopic (exact) mass is 443 g/mol. The second-order valence-corrected chi connectivity index (χ2v) is 11.1. The van der Waals surface area contributed by atoms with Gasteiger partial charge in [0.25, 0.3) is 0 Å². The first-order valence-electron chi connectivity index (χ1n) is 9.92. The maximum Gasteiger partial charge on any atom is 0.231 e. The van der Waals surface area contributed by atoms with E-state index in [1.165, 1.54) is 11.3 Å². The van der Waals surface area contributed by atoms with Crippen LogP contribution in [0, 0.1) is 20.8 Å². The molecule has 1 fully saturated rings. The van der Waals surface area contributed by atoms with Crippen molar-refractivity contribution in [2.75, 3.05) is 16.8 Å². The van der Waals surface area contributed by atoms with E-state index in [1.54, 1.807) is 0 Å². The number of amides is 1. The van der Waals surface area contributed by atoms with Gasteiger partial charge in [0.15, 0.2) is 9.84 Å². The fourth-order valence-corrected chi connectivity index (χ4v) is 6.57. The Morgan fingerprint density at radius 3 is 2.63 bits per heavy atom. The molecule has 8 heteroatoms. The number of thiazole rings is 1. The van der Waals surface area contributed by atoms with E-state index in [-0.39, 0.29) is 29.9 Å². The van der Waals surface area contributed by atoms with Crippen LogP contribution in [0.5, 0.6) is 0 Å². The first-order chi connectivity index (χ1) is 14.2. The Morgan fingerprint density at radius 2 is 1.97 bits per heavy atom. The fourth-order valence-electron chi connectivity index (χ4n) is 4.07. The van der Waals surface area contributed by atoms with Gasteiger partial charge in [-0.15, -0.1) is 11.3 Å². The number of benzene rings is 1. The van der Waals surface area contributed by atoms with Crippen LogP contribution in [0.4, 0.5) is 5.69 Å². The number of hydrogen-bond donors (Lipinski definition) is 1. The molecule has 0 aliphatic carbocycles. The van der Waals surface area contributed by atoms with Gasteiger partial charge in [-0.3, -0.25) is 4.79 Å². The Bertz CT molecular complexity index is 1190. The van der Waals surface area contributed by atoms with Gasteiger partial charge < -0.3 is 9.88 Å². The van der Waals surface area contributed by atoms with Gasteiger partial charge in [-0.25, -0.2) is 13.4 Å². The molecule has 158 valence electrons. The third kappa shape index (κ3) is 4.34. The molecule has 0 bridgehead atoms. The Balaban J connectivity index is 1.49. The molecule has 6 nitrogen and oxygen atoms in total. The summed E-state index contributed by atoms with van der Waals surface area (Å²) >= 11 is 1.46. The second-order valence-electron chi connectivity index (χ2n) is 7.93. The molecule has 4 rings (SSSR count). The van der Waals surface area contributed by atoms with E-state index in [1.807, 2.05) is 50.4 Å². The SMILES string of the molecule is Cc1ccc(NC(=O)Cc2nc(-c3cc(C)n(C4CCS(=O)(=O)C4)c3C)cs2)cc1. The van der Waals surface area contributed by atoms with Gasteiger partial charge in [0.2, 0.25) is 5.91 Å². The molecule has 0 radical (unpaired) electrons. The molecule has 1 N–H and O–H groups in total. The van der Waals surface area contributed by atoms with Crippen LogP contribution in [0.25, 0.3) is 11.3 Å². The van der Waals surface area contributed by atoms with Gasteiger partial charge in [0.05, 0.1) is 23.6 Å². The highest BCUT2D eigenvalue weighted by Gasteiger charge is 2.31. The van der Waals surface area contributed by atoms with Gasteiger partial charge in [0.1, 0.15) is 5.01 Å². The van der Waals surface area contributed by atoms with Crippen LogP contribution in [-0.2, 0) is 21.1 Å². The number of sulfone groups is 1. The molecule has 1 atom stereocenters. The first-order valence-corrected chi connectivity index (χ1v) is 12.6. The normalized spacial score (nSPS) is 17.9. The number of carbonyl (C=O) groups is 1. The number of rotatable bonds is 5. The van der Waals surface area contributed by atoms with E-state index in [0.29, 0.717) is 6.42 Å². The average Bonchev–Trinajstić information content (AvgIpc) is 3.34. The summed E-state index contributed by atoms with van der Waals surface area (Å²) in [5, 5.41) is 5.62. The molecule has 30 heavy (non-hydrogen) atoms. The highest BCUT2D eigenvalue weighted by atomic mass is 32.2. The topological polar surface area (TPSA) is 81.1 Å². The predicted octanol–water partition coefficient (Wildman–Crippen LogP) is 4.08. The van der Waals surface area contributed by atoms with E-state index >= 15 is 0 Å². The van der Waals surface area contributed by atoms with E-state index < -0.39 is 9.84 Å².